The summed E-state index contributed by atoms with van der Waals surface area (Å²) in [6, 6.07) is 42.8. The highest BCUT2D eigenvalue weighted by molar-refractivity contribution is 7.81. The number of rotatable bonds is 36. The smallest absolute Gasteiger partial charge is 0.337 e. The quantitative estimate of drug-likeness (QED) is 0.00879. The summed E-state index contributed by atoms with van der Waals surface area (Å²) < 4.78 is 54.6. The van der Waals surface area contributed by atoms with E-state index in [4.69, 9.17) is 76.5 Å². The maximum atomic E-state index is 12.1. The van der Waals surface area contributed by atoms with Crippen molar-refractivity contribution in [1.29, 1.82) is 0 Å². The largest absolute Gasteiger partial charge is 0.419 e. The maximum Gasteiger partial charge on any atom is 0.337 e. The van der Waals surface area contributed by atoms with E-state index in [-0.39, 0.29) is 137 Å². The van der Waals surface area contributed by atoms with Gasteiger partial charge in [-0.1, -0.05) is 128 Å². The molecule has 636 valence electrons. The van der Waals surface area contributed by atoms with E-state index >= 15 is 0 Å². The molecule has 2 heterocycles. The van der Waals surface area contributed by atoms with Gasteiger partial charge in [-0.2, -0.15) is 0 Å². The predicted molar refractivity (Wildman–Crippen MR) is 434 cm³/mol. The molecule has 2 aliphatic heterocycles. The second-order valence-corrected chi connectivity index (χ2v) is 24.0. The number of fused-ring (bicyclic) bond motifs is 2. The first-order chi connectivity index (χ1) is 57.1. The van der Waals surface area contributed by atoms with Crippen molar-refractivity contribution in [2.45, 2.75) is 99.8 Å². The van der Waals surface area contributed by atoms with Crippen molar-refractivity contribution in [3.05, 3.63) is 243 Å². The fourth-order valence-electron chi connectivity index (χ4n) is 9.41. The van der Waals surface area contributed by atoms with Crippen molar-refractivity contribution in [2.24, 2.45) is 0 Å². The Bertz CT molecular complexity index is 4550. The summed E-state index contributed by atoms with van der Waals surface area (Å²) >= 11 is 10.3. The van der Waals surface area contributed by atoms with Gasteiger partial charge in [-0.15, -0.1) is 0 Å². The number of nitro benzene ring substituents is 5. The molecule has 39 heteroatoms. The molecule has 0 saturated carbocycles. The highest BCUT2D eigenvalue weighted by Gasteiger charge is 2.38. The van der Waals surface area contributed by atoms with Crippen LogP contribution in [0, 0.1) is 50.6 Å². The van der Waals surface area contributed by atoms with Crippen molar-refractivity contribution in [2.75, 3.05) is 79.3 Å². The second-order valence-electron chi connectivity index (χ2n) is 23.2. The Morgan fingerprint density at radius 1 is 0.303 bits per heavy atom. The van der Waals surface area contributed by atoms with Crippen molar-refractivity contribution in [1.82, 2.24) is 9.80 Å². The van der Waals surface area contributed by atoms with Gasteiger partial charge in [0.05, 0.1) is 61.8 Å². The third kappa shape index (κ3) is 35.6. The second kappa shape index (κ2) is 56.4. The molecule has 0 aliphatic carbocycles. The fraction of sp³-hybridized carbons (Fsp3) is 0.338. The summed E-state index contributed by atoms with van der Waals surface area (Å²) in [5, 5.41) is 53.2. The average molecular weight is 1690 g/mol. The lowest BCUT2D eigenvalue weighted by molar-refractivity contribution is -0.385. The number of imide groups is 2. The van der Waals surface area contributed by atoms with E-state index in [0.29, 0.717) is 94.6 Å². The van der Waals surface area contributed by atoms with Gasteiger partial charge in [-0.3, -0.25) is 88.9 Å². The Hall–Kier alpha value is -12.9. The van der Waals surface area contributed by atoms with Gasteiger partial charge in [0.1, 0.15) is 23.2 Å². The summed E-state index contributed by atoms with van der Waals surface area (Å²) in [5.41, 5.74) is 1.17. The molecule has 0 spiro atoms. The molecule has 0 N–H and O–H groups in total. The maximum absolute atomic E-state index is 12.1. The number of benzene rings is 7. The van der Waals surface area contributed by atoms with Crippen LogP contribution in [-0.4, -0.2) is 177 Å². The number of carbonyl (C=O) groups excluding carboxylic acids is 9. The molecule has 0 bridgehead atoms. The molecule has 0 aromatic heterocycles. The van der Waals surface area contributed by atoms with Crippen LogP contribution in [0.15, 0.2) is 170 Å². The van der Waals surface area contributed by atoms with Crippen molar-refractivity contribution >= 4 is 116 Å². The standard InChI is InChI=1S/C13H17NO5.C13H13NO3S.C12H15NO5.C12H11NO3S.C11H13NO5.C10H11NO5.C9H9NO4/c1-2-18-10-6-5-9-13(15)19-12-8-4-3-7-11(12)14(16)17;1-2-17-8-7-11(15)14-12(16)9-5-3-4-6-10(9)13(14)18;1-2-17-9-5-8-12(14)18-11-7-4-3-6-10(11)13(15)16;1-2-16-7-10(14)13-11(15)8-5-3-4-6-9(8)12(13)17;1-2-16-8-7-11(13)17-10-6-4-3-5-9(10)12(14)15;1-2-15-7-10(12)16-9-6-4-3-5-8(9)11(13)14;1-2-9(11)14-8-6-4-3-5-7(8)10(12)13/h3-4,7-8H,2,5-6,9-10H2,1H3;3-6H,2,7-8H2,1H3;3-4,6-7H,2,5,8-9H2,1H3;3-6H,2,7H2,1H3;3-6H,2,7-8H2,1H3;3-6H,2,7H2,1H3;3-6H,2H2,1H3. The minimum atomic E-state index is -0.656. The third-order valence-electron chi connectivity index (χ3n) is 15.0. The van der Waals surface area contributed by atoms with Gasteiger partial charge in [0.15, 0.2) is 0 Å². The topological polar surface area (TPSA) is 477 Å². The monoisotopic (exact) mass is 1690 g/mol. The molecule has 37 nitrogen and oxygen atoms in total. The molecular weight excluding hydrogens is 1600 g/mol. The zero-order valence-corrected chi connectivity index (χ0v) is 67.6. The van der Waals surface area contributed by atoms with E-state index < -0.39 is 60.4 Å². The minimum absolute atomic E-state index is 0.00986. The van der Waals surface area contributed by atoms with E-state index in [1.54, 1.807) is 99.6 Å². The molecule has 2 aliphatic rings. The Morgan fingerprint density at radius 3 is 0.908 bits per heavy atom. The number of hydrogen-bond acceptors (Lipinski definition) is 32. The number of ether oxygens (including phenoxy) is 11. The van der Waals surface area contributed by atoms with Crippen LogP contribution in [0.4, 0.5) is 28.4 Å². The van der Waals surface area contributed by atoms with Crippen molar-refractivity contribution in [3.63, 3.8) is 0 Å². The van der Waals surface area contributed by atoms with Gasteiger partial charge in [0.2, 0.25) is 34.7 Å². The minimum Gasteiger partial charge on any atom is -0.419 e. The number of nitrogens with zero attached hydrogens (tertiary/aromatic N) is 7. The lowest BCUT2D eigenvalue weighted by Gasteiger charge is -2.13. The summed E-state index contributed by atoms with van der Waals surface area (Å²) in [4.78, 5) is 157. The van der Waals surface area contributed by atoms with E-state index in [1.807, 2.05) is 27.7 Å². The van der Waals surface area contributed by atoms with E-state index in [2.05, 4.69) is 0 Å². The molecule has 119 heavy (non-hydrogen) atoms. The summed E-state index contributed by atoms with van der Waals surface area (Å²) in [5.74, 6) is -4.25. The van der Waals surface area contributed by atoms with Crippen LogP contribution in [0.1, 0.15) is 132 Å². The van der Waals surface area contributed by atoms with Gasteiger partial charge in [0, 0.05) is 114 Å². The van der Waals surface area contributed by atoms with Crippen molar-refractivity contribution < 1.29 is 120 Å². The number of carbonyl (C=O) groups is 9. The number of amides is 4. The fourth-order valence-corrected chi connectivity index (χ4v) is 10.1. The molecule has 7 aromatic carbocycles. The summed E-state index contributed by atoms with van der Waals surface area (Å²) in [6.45, 7) is 17.0. The number of hydrogen-bond donors (Lipinski definition) is 0. The Balaban J connectivity index is 0.000000359. The van der Waals surface area contributed by atoms with E-state index in [9.17, 15) is 93.7 Å². The van der Waals surface area contributed by atoms with Crippen molar-refractivity contribution in [3.8, 4) is 28.7 Å². The molecular formula is C80H89N7O30S2. The molecule has 4 amide bonds. The van der Waals surface area contributed by atoms with Crippen LogP contribution in [0.3, 0.4) is 0 Å². The van der Waals surface area contributed by atoms with Gasteiger partial charge in [0.25, 0.3) is 17.7 Å². The Labute approximate surface area is 693 Å². The van der Waals surface area contributed by atoms with Gasteiger partial charge in [-0.25, -0.2) is 14.6 Å². The van der Waals surface area contributed by atoms with Gasteiger partial charge < -0.3 is 52.1 Å². The molecule has 0 fully saturated rings. The first-order valence-corrected chi connectivity index (χ1v) is 37.6. The van der Waals surface area contributed by atoms with Crippen LogP contribution in [0.2, 0.25) is 0 Å². The third-order valence-corrected chi connectivity index (χ3v) is 15.8. The van der Waals surface area contributed by atoms with Gasteiger partial charge >= 0.3 is 58.3 Å². The molecule has 9 rings (SSSR count). The first-order valence-electron chi connectivity index (χ1n) is 36.8. The molecule has 0 atom stereocenters. The molecule has 0 saturated heterocycles. The first kappa shape index (κ1) is 100. The van der Waals surface area contributed by atoms with Crippen LogP contribution in [0.5, 0.6) is 28.7 Å². The highest BCUT2D eigenvalue weighted by Crippen LogP contribution is 2.32. The average Bonchev–Trinajstić information content (AvgIpc) is 1.64. The number of para-hydroxylation sites is 10. The van der Waals surface area contributed by atoms with Crippen LogP contribution >= 0.6 is 24.4 Å². The van der Waals surface area contributed by atoms with E-state index in [1.165, 1.54) is 91.0 Å². The highest BCUT2D eigenvalue weighted by atomic mass is 32.1. The van der Waals surface area contributed by atoms with Crippen LogP contribution in [-0.2, 0) is 62.0 Å². The number of nitro groups is 5. The SMILES string of the molecule is CCC(=O)Oc1ccccc1[N+](=O)[O-].CCOCC(=O)N1C(=O)c2ccccc2C1=S.CCOCC(=O)Oc1ccccc1[N+](=O)[O-].CCOCCC(=O)N1C(=O)c2ccccc2C1=S.CCOCCC(=O)Oc1ccccc1[N+](=O)[O-].CCOCCCC(=O)Oc1ccccc1[N+](=O)[O-].CCOCCCCC(=O)Oc1ccccc1[N+](=O)[O-]. The zero-order chi connectivity index (χ0) is 88.2. The molecule has 7 aromatic rings. The number of thiocarbonyl (C=S) groups is 2. The number of esters is 5. The predicted octanol–water partition coefficient (Wildman–Crippen LogP) is 13.5. The van der Waals surface area contributed by atoms with Crippen LogP contribution < -0.4 is 23.7 Å². The lowest BCUT2D eigenvalue weighted by Crippen LogP contribution is -2.38. The molecule has 0 unspecified atom stereocenters. The summed E-state index contributed by atoms with van der Waals surface area (Å²) in [6.07, 6.45) is 2.75. The molecule has 0 radical (unpaired) electrons. The number of unbranched alkanes of at least 4 members (excludes halogenated alkanes) is 1. The Morgan fingerprint density at radius 2 is 0.571 bits per heavy atom. The normalized spacial score (nSPS) is 11.1. The lowest BCUT2D eigenvalue weighted by atomic mass is 10.1. The van der Waals surface area contributed by atoms with E-state index in [0.717, 1.165) is 16.2 Å². The summed E-state index contributed by atoms with van der Waals surface area (Å²) in [7, 11) is 0. The Kier molecular flexibility index (Phi) is 47.5. The zero-order valence-electron chi connectivity index (χ0n) is 66.0. The van der Waals surface area contributed by atoms with Crippen LogP contribution in [0.25, 0.3) is 0 Å². The van der Waals surface area contributed by atoms with Gasteiger partial charge in [-0.05, 0) is 103 Å².